The molecule has 0 spiro atoms. The summed E-state index contributed by atoms with van der Waals surface area (Å²) in [6, 6.07) is 18.0. The molecule has 0 aromatic heterocycles. The van der Waals surface area contributed by atoms with E-state index in [2.05, 4.69) is 33.4 Å². The van der Waals surface area contributed by atoms with Crippen LogP contribution >= 0.6 is 15.9 Å². The number of carbonyl (C=O) groups is 1. The van der Waals surface area contributed by atoms with Crippen LogP contribution in [-0.4, -0.2) is 18.6 Å². The van der Waals surface area contributed by atoms with Crippen LogP contribution in [0.5, 0.6) is 5.75 Å². The molecule has 4 heteroatoms. The molecule has 0 radical (unpaired) electrons. The summed E-state index contributed by atoms with van der Waals surface area (Å²) in [5.41, 5.74) is 1.26. The summed E-state index contributed by atoms with van der Waals surface area (Å²) in [6.45, 7) is 0.0552. The zero-order chi connectivity index (χ0) is 16.1. The molecule has 120 valence electrons. The Morgan fingerprint density at radius 3 is 2.48 bits per heavy atom. The van der Waals surface area contributed by atoms with Gasteiger partial charge in [0.05, 0.1) is 0 Å². The van der Waals surface area contributed by atoms with Crippen LogP contribution in [-0.2, 0) is 11.2 Å². The zero-order valence-electron chi connectivity index (χ0n) is 12.9. The van der Waals surface area contributed by atoms with E-state index in [0.29, 0.717) is 11.7 Å². The molecule has 23 heavy (non-hydrogen) atoms. The average Bonchev–Trinajstić information content (AvgIpc) is 3.40. The Morgan fingerprint density at radius 2 is 1.83 bits per heavy atom. The molecule has 1 amide bonds. The number of hydrogen-bond donors (Lipinski definition) is 1. The van der Waals surface area contributed by atoms with E-state index in [4.69, 9.17) is 4.74 Å². The standard InChI is InChI=1S/C19H20BrNO2/c20-16-8-10-17(11-9-16)23-13-19(22)21-18(15-6-7-15)12-14-4-2-1-3-5-14/h1-5,8-11,15,18H,6-7,12-13H2,(H,21,22). The van der Waals surface area contributed by atoms with E-state index in [0.717, 1.165) is 10.9 Å². The van der Waals surface area contributed by atoms with Crippen LogP contribution in [0.1, 0.15) is 18.4 Å². The first-order chi connectivity index (χ1) is 11.2. The van der Waals surface area contributed by atoms with Crippen molar-refractivity contribution in [2.24, 2.45) is 5.92 Å². The van der Waals surface area contributed by atoms with Crippen molar-refractivity contribution >= 4 is 21.8 Å². The van der Waals surface area contributed by atoms with E-state index in [1.165, 1.54) is 18.4 Å². The molecule has 0 aliphatic heterocycles. The molecule has 3 nitrogen and oxygen atoms in total. The average molecular weight is 374 g/mol. The van der Waals surface area contributed by atoms with Crippen molar-refractivity contribution in [3.05, 3.63) is 64.6 Å². The van der Waals surface area contributed by atoms with Crippen molar-refractivity contribution in [1.29, 1.82) is 0 Å². The first-order valence-corrected chi connectivity index (χ1v) is 8.71. The van der Waals surface area contributed by atoms with Crippen LogP contribution in [0.2, 0.25) is 0 Å². The normalized spacial score (nSPS) is 15.0. The molecule has 3 rings (SSSR count). The number of amides is 1. The predicted octanol–water partition coefficient (Wildman–Crippen LogP) is 3.97. The van der Waals surface area contributed by atoms with Crippen LogP contribution < -0.4 is 10.1 Å². The minimum absolute atomic E-state index is 0.0549. The molecule has 1 saturated carbocycles. The quantitative estimate of drug-likeness (QED) is 0.797. The maximum absolute atomic E-state index is 12.2. The van der Waals surface area contributed by atoms with Crippen molar-refractivity contribution < 1.29 is 9.53 Å². The molecule has 0 heterocycles. The van der Waals surface area contributed by atoms with E-state index in [1.807, 2.05) is 42.5 Å². The highest BCUT2D eigenvalue weighted by Crippen LogP contribution is 2.34. The number of nitrogens with one attached hydrogen (secondary N) is 1. The van der Waals surface area contributed by atoms with Gasteiger partial charge in [0.2, 0.25) is 0 Å². The second kappa shape index (κ2) is 7.64. The van der Waals surface area contributed by atoms with Gasteiger partial charge in [0.1, 0.15) is 5.75 Å². The topological polar surface area (TPSA) is 38.3 Å². The highest BCUT2D eigenvalue weighted by molar-refractivity contribution is 9.10. The minimum Gasteiger partial charge on any atom is -0.484 e. The summed E-state index contributed by atoms with van der Waals surface area (Å²) >= 11 is 3.38. The lowest BCUT2D eigenvalue weighted by Crippen LogP contribution is -2.40. The Labute approximate surface area is 145 Å². The SMILES string of the molecule is O=C(COc1ccc(Br)cc1)NC(Cc1ccccc1)C1CC1. The van der Waals surface area contributed by atoms with Crippen LogP contribution in [0.25, 0.3) is 0 Å². The van der Waals surface area contributed by atoms with Gasteiger partial charge >= 0.3 is 0 Å². The summed E-state index contributed by atoms with van der Waals surface area (Å²) in [7, 11) is 0. The molecule has 2 aromatic carbocycles. The Hall–Kier alpha value is -1.81. The third kappa shape index (κ3) is 5.10. The highest BCUT2D eigenvalue weighted by Gasteiger charge is 2.32. The molecule has 2 aromatic rings. The van der Waals surface area contributed by atoms with Gasteiger partial charge in [-0.15, -0.1) is 0 Å². The second-order valence-corrected chi connectivity index (χ2v) is 6.86. The zero-order valence-corrected chi connectivity index (χ0v) is 14.5. The van der Waals surface area contributed by atoms with E-state index in [-0.39, 0.29) is 18.6 Å². The monoisotopic (exact) mass is 373 g/mol. The summed E-state index contributed by atoms with van der Waals surface area (Å²) in [5, 5.41) is 3.14. The highest BCUT2D eigenvalue weighted by atomic mass is 79.9. The third-order valence-corrected chi connectivity index (χ3v) is 4.55. The lowest BCUT2D eigenvalue weighted by molar-refractivity contribution is -0.123. The smallest absolute Gasteiger partial charge is 0.258 e. The molecule has 0 bridgehead atoms. The first kappa shape index (κ1) is 16.1. The van der Waals surface area contributed by atoms with Gasteiger partial charge in [-0.3, -0.25) is 4.79 Å². The molecule has 0 saturated heterocycles. The molecule has 1 aliphatic carbocycles. The summed E-state index contributed by atoms with van der Waals surface area (Å²) in [6.07, 6.45) is 3.28. The lowest BCUT2D eigenvalue weighted by atomic mass is 10.0. The predicted molar refractivity (Wildman–Crippen MR) is 94.4 cm³/mol. The van der Waals surface area contributed by atoms with E-state index in [1.54, 1.807) is 0 Å². The molecule has 1 atom stereocenters. The number of carbonyl (C=O) groups excluding carboxylic acids is 1. The van der Waals surface area contributed by atoms with Gasteiger partial charge in [0.15, 0.2) is 6.61 Å². The number of hydrogen-bond acceptors (Lipinski definition) is 2. The molecular weight excluding hydrogens is 354 g/mol. The first-order valence-electron chi connectivity index (χ1n) is 7.92. The number of halogens is 1. The Kier molecular flexibility index (Phi) is 5.34. The van der Waals surface area contributed by atoms with Gasteiger partial charge in [-0.25, -0.2) is 0 Å². The summed E-state index contributed by atoms with van der Waals surface area (Å²) in [5.74, 6) is 1.25. The maximum Gasteiger partial charge on any atom is 0.258 e. The van der Waals surface area contributed by atoms with Crippen molar-refractivity contribution in [2.75, 3.05) is 6.61 Å². The molecule has 1 fully saturated rings. The third-order valence-electron chi connectivity index (χ3n) is 4.02. The van der Waals surface area contributed by atoms with E-state index < -0.39 is 0 Å². The Bertz CT molecular complexity index is 638. The van der Waals surface area contributed by atoms with Crippen LogP contribution in [0.3, 0.4) is 0 Å². The van der Waals surface area contributed by atoms with E-state index in [9.17, 15) is 4.79 Å². The van der Waals surface area contributed by atoms with Crippen molar-refractivity contribution in [3.8, 4) is 5.75 Å². The second-order valence-electron chi connectivity index (χ2n) is 5.94. The molecule has 1 aliphatic rings. The largest absolute Gasteiger partial charge is 0.484 e. The molecule has 1 unspecified atom stereocenters. The lowest BCUT2D eigenvalue weighted by Gasteiger charge is -2.18. The number of rotatable bonds is 7. The van der Waals surface area contributed by atoms with Gasteiger partial charge in [0, 0.05) is 10.5 Å². The fourth-order valence-electron chi connectivity index (χ4n) is 2.63. The maximum atomic E-state index is 12.2. The minimum atomic E-state index is -0.0549. The van der Waals surface area contributed by atoms with Gasteiger partial charge < -0.3 is 10.1 Å². The Balaban J connectivity index is 1.51. The fraction of sp³-hybridized carbons (Fsp3) is 0.316. The molecular formula is C19H20BrNO2. The Morgan fingerprint density at radius 1 is 1.13 bits per heavy atom. The fourth-order valence-corrected chi connectivity index (χ4v) is 2.89. The number of ether oxygens (including phenoxy) is 1. The van der Waals surface area contributed by atoms with Gasteiger partial charge in [-0.05, 0) is 55.0 Å². The number of benzene rings is 2. The van der Waals surface area contributed by atoms with Crippen molar-refractivity contribution in [2.45, 2.75) is 25.3 Å². The van der Waals surface area contributed by atoms with Crippen molar-refractivity contribution in [3.63, 3.8) is 0 Å². The molecule has 1 N–H and O–H groups in total. The van der Waals surface area contributed by atoms with Crippen molar-refractivity contribution in [1.82, 2.24) is 5.32 Å². The van der Waals surface area contributed by atoms with Crippen LogP contribution in [0.4, 0.5) is 0 Å². The van der Waals surface area contributed by atoms with Gasteiger partial charge in [0.25, 0.3) is 5.91 Å². The van der Waals surface area contributed by atoms with Crippen LogP contribution in [0.15, 0.2) is 59.1 Å². The van der Waals surface area contributed by atoms with Crippen LogP contribution in [0, 0.1) is 5.92 Å². The summed E-state index contributed by atoms with van der Waals surface area (Å²) in [4.78, 5) is 12.2. The summed E-state index contributed by atoms with van der Waals surface area (Å²) < 4.78 is 6.53. The van der Waals surface area contributed by atoms with Gasteiger partial charge in [-0.2, -0.15) is 0 Å². The van der Waals surface area contributed by atoms with E-state index >= 15 is 0 Å². The van der Waals surface area contributed by atoms with Gasteiger partial charge in [-0.1, -0.05) is 46.3 Å².